The van der Waals surface area contributed by atoms with Crippen molar-refractivity contribution in [3.8, 4) is 16.9 Å². The van der Waals surface area contributed by atoms with Gasteiger partial charge in [-0.2, -0.15) is 0 Å². The summed E-state index contributed by atoms with van der Waals surface area (Å²) in [6.07, 6.45) is 2.94. The van der Waals surface area contributed by atoms with Crippen molar-refractivity contribution in [2.75, 3.05) is 26.7 Å². The van der Waals surface area contributed by atoms with Crippen LogP contribution < -0.4 is 10.1 Å². The number of carbonyl (C=O) groups excluding carboxylic acids is 1. The molecule has 2 aliphatic rings. The fraction of sp³-hybridized carbons (Fsp3) is 0.409. The van der Waals surface area contributed by atoms with E-state index >= 15 is 0 Å². The number of carbonyl (C=O) groups is 1. The Kier molecular flexibility index (Phi) is 4.68. The summed E-state index contributed by atoms with van der Waals surface area (Å²) >= 11 is 0. The van der Waals surface area contributed by atoms with Crippen LogP contribution in [0.1, 0.15) is 24.8 Å². The van der Waals surface area contributed by atoms with Gasteiger partial charge in [0.25, 0.3) is 0 Å². The molecule has 1 amide bonds. The molecular formula is C22H26N2O2. The van der Waals surface area contributed by atoms with E-state index in [1.807, 2.05) is 12.1 Å². The molecule has 4 heteroatoms. The van der Waals surface area contributed by atoms with Crippen LogP contribution in [0.4, 0.5) is 0 Å². The number of methoxy groups -OCH3 is 1. The molecule has 0 aliphatic carbocycles. The standard InChI is InChI=1S/C22H26N2O2/c1-26-20-7-3-6-19(13-20)18-5-2-4-17(12-18)15-24-10-8-22(9-11-24)14-21(25)23-16-22/h2-7,12-13H,8-11,14-16H2,1H3,(H,23,25). The zero-order chi connectivity index (χ0) is 18.0. The number of rotatable bonds is 4. The van der Waals surface area contributed by atoms with Crippen LogP contribution >= 0.6 is 0 Å². The van der Waals surface area contributed by atoms with Crippen LogP contribution in [0.2, 0.25) is 0 Å². The fourth-order valence-electron chi connectivity index (χ4n) is 4.20. The number of benzene rings is 2. The first-order valence-corrected chi connectivity index (χ1v) is 9.38. The Morgan fingerprint density at radius 1 is 1.08 bits per heavy atom. The molecule has 2 fully saturated rings. The number of hydrogen-bond acceptors (Lipinski definition) is 3. The first-order valence-electron chi connectivity index (χ1n) is 9.38. The summed E-state index contributed by atoms with van der Waals surface area (Å²) in [6.45, 7) is 3.97. The second kappa shape index (κ2) is 7.12. The monoisotopic (exact) mass is 350 g/mol. The fourth-order valence-corrected chi connectivity index (χ4v) is 4.20. The molecule has 2 heterocycles. The number of hydrogen-bond donors (Lipinski definition) is 1. The van der Waals surface area contributed by atoms with E-state index in [0.717, 1.165) is 44.8 Å². The topological polar surface area (TPSA) is 41.6 Å². The van der Waals surface area contributed by atoms with Crippen molar-refractivity contribution in [2.45, 2.75) is 25.8 Å². The number of piperidine rings is 1. The minimum atomic E-state index is 0.218. The van der Waals surface area contributed by atoms with E-state index in [1.165, 1.54) is 16.7 Å². The Labute approximate surface area is 155 Å². The third-order valence-electron chi connectivity index (χ3n) is 5.85. The highest BCUT2D eigenvalue weighted by atomic mass is 16.5. The van der Waals surface area contributed by atoms with Gasteiger partial charge in [-0.15, -0.1) is 0 Å². The average Bonchev–Trinajstić information content (AvgIpc) is 3.04. The molecule has 4 rings (SSSR count). The molecule has 2 aromatic carbocycles. The van der Waals surface area contributed by atoms with Gasteiger partial charge in [0.15, 0.2) is 0 Å². The molecule has 1 spiro atoms. The highest BCUT2D eigenvalue weighted by Gasteiger charge is 2.40. The van der Waals surface area contributed by atoms with Gasteiger partial charge in [0, 0.05) is 19.5 Å². The van der Waals surface area contributed by atoms with Crippen LogP contribution in [0.15, 0.2) is 48.5 Å². The lowest BCUT2D eigenvalue weighted by molar-refractivity contribution is -0.119. The van der Waals surface area contributed by atoms with Crippen molar-refractivity contribution in [1.29, 1.82) is 0 Å². The SMILES string of the molecule is COc1cccc(-c2cccc(CN3CCC4(CC3)CNC(=O)C4)c2)c1. The lowest BCUT2D eigenvalue weighted by Crippen LogP contribution is -2.40. The van der Waals surface area contributed by atoms with Crippen LogP contribution in [-0.2, 0) is 11.3 Å². The summed E-state index contributed by atoms with van der Waals surface area (Å²) in [5, 5.41) is 3.01. The van der Waals surface area contributed by atoms with Gasteiger partial charge >= 0.3 is 0 Å². The number of likely N-dealkylation sites (tertiary alicyclic amines) is 1. The van der Waals surface area contributed by atoms with Crippen LogP contribution in [0, 0.1) is 5.41 Å². The van der Waals surface area contributed by atoms with Crippen molar-refractivity contribution in [3.63, 3.8) is 0 Å². The van der Waals surface area contributed by atoms with Gasteiger partial charge in [0.1, 0.15) is 5.75 Å². The number of nitrogens with one attached hydrogen (secondary N) is 1. The van der Waals surface area contributed by atoms with Crippen LogP contribution in [0.5, 0.6) is 5.75 Å². The largest absolute Gasteiger partial charge is 0.497 e. The Morgan fingerprint density at radius 2 is 1.81 bits per heavy atom. The van der Waals surface area contributed by atoms with Crippen molar-refractivity contribution in [3.05, 3.63) is 54.1 Å². The highest BCUT2D eigenvalue weighted by molar-refractivity contribution is 5.79. The molecule has 26 heavy (non-hydrogen) atoms. The molecule has 0 radical (unpaired) electrons. The lowest BCUT2D eigenvalue weighted by Gasteiger charge is -2.38. The molecule has 0 atom stereocenters. The molecule has 0 aromatic heterocycles. The summed E-state index contributed by atoms with van der Waals surface area (Å²) in [5.74, 6) is 1.11. The third kappa shape index (κ3) is 3.61. The minimum absolute atomic E-state index is 0.218. The predicted molar refractivity (Wildman–Crippen MR) is 103 cm³/mol. The van der Waals surface area contributed by atoms with Gasteiger partial charge in [-0.3, -0.25) is 9.69 Å². The Hall–Kier alpha value is -2.33. The molecule has 4 nitrogen and oxygen atoms in total. The summed E-state index contributed by atoms with van der Waals surface area (Å²) in [4.78, 5) is 14.1. The van der Waals surface area contributed by atoms with Gasteiger partial charge in [-0.1, -0.05) is 30.3 Å². The van der Waals surface area contributed by atoms with Gasteiger partial charge in [-0.05, 0) is 66.2 Å². The molecule has 2 saturated heterocycles. The highest BCUT2D eigenvalue weighted by Crippen LogP contribution is 2.37. The molecule has 0 unspecified atom stereocenters. The molecular weight excluding hydrogens is 324 g/mol. The lowest BCUT2D eigenvalue weighted by atomic mass is 9.77. The second-order valence-corrected chi connectivity index (χ2v) is 7.66. The minimum Gasteiger partial charge on any atom is -0.497 e. The van der Waals surface area contributed by atoms with E-state index in [-0.39, 0.29) is 11.3 Å². The van der Waals surface area contributed by atoms with E-state index in [9.17, 15) is 4.79 Å². The van der Waals surface area contributed by atoms with E-state index in [2.05, 4.69) is 46.6 Å². The van der Waals surface area contributed by atoms with Crippen LogP contribution in [-0.4, -0.2) is 37.6 Å². The zero-order valence-corrected chi connectivity index (χ0v) is 15.3. The Morgan fingerprint density at radius 3 is 2.50 bits per heavy atom. The molecule has 136 valence electrons. The maximum absolute atomic E-state index is 11.6. The van der Waals surface area contributed by atoms with E-state index in [1.54, 1.807) is 7.11 Å². The molecule has 2 aliphatic heterocycles. The van der Waals surface area contributed by atoms with E-state index in [0.29, 0.717) is 6.42 Å². The maximum atomic E-state index is 11.6. The van der Waals surface area contributed by atoms with E-state index < -0.39 is 0 Å². The third-order valence-corrected chi connectivity index (χ3v) is 5.85. The number of amides is 1. The molecule has 0 saturated carbocycles. The molecule has 0 bridgehead atoms. The van der Waals surface area contributed by atoms with Crippen molar-refractivity contribution < 1.29 is 9.53 Å². The van der Waals surface area contributed by atoms with Crippen LogP contribution in [0.25, 0.3) is 11.1 Å². The molecule has 1 N–H and O–H groups in total. The number of ether oxygens (including phenoxy) is 1. The Balaban J connectivity index is 1.42. The van der Waals surface area contributed by atoms with Crippen LogP contribution in [0.3, 0.4) is 0 Å². The van der Waals surface area contributed by atoms with Gasteiger partial charge < -0.3 is 10.1 Å². The van der Waals surface area contributed by atoms with Crippen molar-refractivity contribution in [1.82, 2.24) is 10.2 Å². The average molecular weight is 350 g/mol. The first-order chi connectivity index (χ1) is 12.7. The smallest absolute Gasteiger partial charge is 0.220 e. The predicted octanol–water partition coefficient (Wildman–Crippen LogP) is 3.46. The second-order valence-electron chi connectivity index (χ2n) is 7.66. The summed E-state index contributed by atoms with van der Waals surface area (Å²) < 4.78 is 5.34. The molecule has 2 aromatic rings. The van der Waals surface area contributed by atoms with Gasteiger partial charge in [0.2, 0.25) is 5.91 Å². The van der Waals surface area contributed by atoms with Crippen molar-refractivity contribution >= 4 is 5.91 Å². The van der Waals surface area contributed by atoms with Crippen molar-refractivity contribution in [2.24, 2.45) is 5.41 Å². The number of nitrogens with zero attached hydrogens (tertiary/aromatic N) is 1. The maximum Gasteiger partial charge on any atom is 0.220 e. The zero-order valence-electron chi connectivity index (χ0n) is 15.3. The quantitative estimate of drug-likeness (QED) is 0.918. The first kappa shape index (κ1) is 17.1. The summed E-state index contributed by atoms with van der Waals surface area (Å²) in [6, 6.07) is 17.0. The summed E-state index contributed by atoms with van der Waals surface area (Å²) in [7, 11) is 1.70. The van der Waals surface area contributed by atoms with E-state index in [4.69, 9.17) is 4.74 Å². The Bertz CT molecular complexity index is 794. The normalized spacial score (nSPS) is 19.5. The van der Waals surface area contributed by atoms with Gasteiger partial charge in [0.05, 0.1) is 7.11 Å². The summed E-state index contributed by atoms with van der Waals surface area (Å²) in [5.41, 5.74) is 3.96. The van der Waals surface area contributed by atoms with Gasteiger partial charge in [-0.25, -0.2) is 0 Å².